The molecule has 0 bridgehead atoms. The highest BCUT2D eigenvalue weighted by Crippen LogP contribution is 2.19. The molecule has 0 N–H and O–H groups in total. The Labute approximate surface area is 103 Å². The van der Waals surface area contributed by atoms with E-state index in [-0.39, 0.29) is 13.0 Å². The van der Waals surface area contributed by atoms with Crippen molar-refractivity contribution < 1.29 is 22.7 Å². The maximum Gasteiger partial charge on any atom is 0.392 e. The average molecular weight is 258 g/mol. The molecule has 0 atom stereocenters. The number of rotatable bonds is 5. The SMILES string of the molecule is O=C(OCCC=CCC(F)(F)F)c1ccccc1. The number of carbonyl (C=O) groups excluding carboxylic acids is 1. The number of benzene rings is 1. The Morgan fingerprint density at radius 2 is 1.83 bits per heavy atom. The number of halogens is 3. The minimum Gasteiger partial charge on any atom is -0.462 e. The highest BCUT2D eigenvalue weighted by molar-refractivity contribution is 5.89. The van der Waals surface area contributed by atoms with E-state index in [0.29, 0.717) is 5.56 Å². The summed E-state index contributed by atoms with van der Waals surface area (Å²) in [5.74, 6) is -0.472. The molecule has 0 heterocycles. The van der Waals surface area contributed by atoms with Crippen molar-refractivity contribution in [2.24, 2.45) is 0 Å². The third-order valence-corrected chi connectivity index (χ3v) is 2.04. The van der Waals surface area contributed by atoms with Crippen LogP contribution in [0.15, 0.2) is 42.5 Å². The van der Waals surface area contributed by atoms with E-state index in [1.165, 1.54) is 6.08 Å². The van der Waals surface area contributed by atoms with Gasteiger partial charge in [0.2, 0.25) is 0 Å². The second-order valence-electron chi connectivity index (χ2n) is 3.58. The van der Waals surface area contributed by atoms with Gasteiger partial charge in [0, 0.05) is 0 Å². The number of allylic oxidation sites excluding steroid dienone is 1. The molecule has 0 fully saturated rings. The molecule has 0 aliphatic carbocycles. The van der Waals surface area contributed by atoms with Crippen LogP contribution < -0.4 is 0 Å². The Bertz CT molecular complexity index is 396. The normalized spacial score (nSPS) is 11.7. The molecule has 1 rings (SSSR count). The number of hydrogen-bond donors (Lipinski definition) is 0. The second-order valence-corrected chi connectivity index (χ2v) is 3.58. The van der Waals surface area contributed by atoms with E-state index in [4.69, 9.17) is 4.74 Å². The fourth-order valence-electron chi connectivity index (χ4n) is 1.21. The van der Waals surface area contributed by atoms with Crippen molar-refractivity contribution in [3.63, 3.8) is 0 Å². The van der Waals surface area contributed by atoms with E-state index in [2.05, 4.69) is 0 Å². The van der Waals surface area contributed by atoms with Crippen molar-refractivity contribution in [2.45, 2.75) is 19.0 Å². The quantitative estimate of drug-likeness (QED) is 0.457. The Balaban J connectivity index is 2.21. The monoisotopic (exact) mass is 258 g/mol. The van der Waals surface area contributed by atoms with Gasteiger partial charge in [0.1, 0.15) is 0 Å². The molecule has 0 aliphatic rings. The van der Waals surface area contributed by atoms with Crippen LogP contribution in [-0.2, 0) is 4.74 Å². The summed E-state index contributed by atoms with van der Waals surface area (Å²) in [5.41, 5.74) is 0.428. The first kappa shape index (κ1) is 14.3. The number of esters is 1. The molecule has 98 valence electrons. The smallest absolute Gasteiger partial charge is 0.392 e. The molecule has 0 saturated carbocycles. The minimum atomic E-state index is -4.18. The third kappa shape index (κ3) is 6.08. The summed E-state index contributed by atoms with van der Waals surface area (Å²) < 4.78 is 40.2. The molecule has 0 aromatic heterocycles. The van der Waals surface area contributed by atoms with Gasteiger partial charge in [-0.1, -0.05) is 30.4 Å². The Hall–Kier alpha value is -1.78. The van der Waals surface area contributed by atoms with Crippen molar-refractivity contribution in [2.75, 3.05) is 6.61 Å². The first-order valence-corrected chi connectivity index (χ1v) is 5.43. The van der Waals surface area contributed by atoms with Gasteiger partial charge in [-0.25, -0.2) is 4.79 Å². The van der Waals surface area contributed by atoms with Crippen molar-refractivity contribution in [3.8, 4) is 0 Å². The van der Waals surface area contributed by atoms with E-state index < -0.39 is 18.6 Å². The molecule has 1 aromatic carbocycles. The fraction of sp³-hybridized carbons (Fsp3) is 0.308. The van der Waals surface area contributed by atoms with Gasteiger partial charge < -0.3 is 4.74 Å². The zero-order valence-electron chi connectivity index (χ0n) is 9.61. The first-order chi connectivity index (χ1) is 8.49. The summed E-state index contributed by atoms with van der Waals surface area (Å²) in [6.07, 6.45) is -2.49. The molecule has 5 heteroatoms. The summed E-state index contributed by atoms with van der Waals surface area (Å²) in [6, 6.07) is 8.42. The van der Waals surface area contributed by atoms with Gasteiger partial charge in [-0.15, -0.1) is 0 Å². The van der Waals surface area contributed by atoms with Gasteiger partial charge in [0.25, 0.3) is 0 Å². The average Bonchev–Trinajstić information content (AvgIpc) is 2.33. The molecule has 0 unspecified atom stereocenters. The summed E-state index contributed by atoms with van der Waals surface area (Å²) in [6.45, 7) is 0.0715. The predicted octanol–water partition coefficient (Wildman–Crippen LogP) is 3.74. The lowest BCUT2D eigenvalue weighted by molar-refractivity contribution is -0.125. The topological polar surface area (TPSA) is 26.3 Å². The molecule has 0 spiro atoms. The highest BCUT2D eigenvalue weighted by Gasteiger charge is 2.24. The Morgan fingerprint density at radius 1 is 1.17 bits per heavy atom. The molecule has 0 amide bonds. The number of alkyl halides is 3. The van der Waals surface area contributed by atoms with Crippen molar-refractivity contribution in [1.82, 2.24) is 0 Å². The van der Waals surface area contributed by atoms with Crippen LogP contribution in [0.5, 0.6) is 0 Å². The maximum absolute atomic E-state index is 11.8. The largest absolute Gasteiger partial charge is 0.462 e. The zero-order valence-corrected chi connectivity index (χ0v) is 9.61. The summed E-state index contributed by atoms with van der Waals surface area (Å²) in [4.78, 5) is 11.4. The van der Waals surface area contributed by atoms with Gasteiger partial charge in [-0.05, 0) is 18.6 Å². The fourth-order valence-corrected chi connectivity index (χ4v) is 1.21. The van der Waals surface area contributed by atoms with Crippen LogP contribution in [-0.4, -0.2) is 18.8 Å². The third-order valence-electron chi connectivity index (χ3n) is 2.04. The molecule has 2 nitrogen and oxygen atoms in total. The summed E-state index contributed by atoms with van der Waals surface area (Å²) in [5, 5.41) is 0. The van der Waals surface area contributed by atoms with Crippen molar-refractivity contribution >= 4 is 5.97 Å². The number of carbonyl (C=O) groups is 1. The first-order valence-electron chi connectivity index (χ1n) is 5.43. The number of hydrogen-bond acceptors (Lipinski definition) is 2. The van der Waals surface area contributed by atoms with Crippen molar-refractivity contribution in [3.05, 3.63) is 48.0 Å². The molecule has 0 aliphatic heterocycles. The van der Waals surface area contributed by atoms with Crippen LogP contribution in [0.1, 0.15) is 23.2 Å². The van der Waals surface area contributed by atoms with E-state index >= 15 is 0 Å². The van der Waals surface area contributed by atoms with Crippen LogP contribution in [0, 0.1) is 0 Å². The lowest BCUT2D eigenvalue weighted by atomic mass is 10.2. The van der Waals surface area contributed by atoms with Crippen molar-refractivity contribution in [1.29, 1.82) is 0 Å². The van der Waals surface area contributed by atoms with E-state index in [1.54, 1.807) is 30.3 Å². The van der Waals surface area contributed by atoms with Gasteiger partial charge in [0.05, 0.1) is 18.6 Å². The lowest BCUT2D eigenvalue weighted by Gasteiger charge is -2.03. The van der Waals surface area contributed by atoms with E-state index in [9.17, 15) is 18.0 Å². The zero-order chi connectivity index (χ0) is 13.4. The molecule has 18 heavy (non-hydrogen) atoms. The molecular formula is C13H13F3O2. The molecule has 1 aromatic rings. The predicted molar refractivity (Wildman–Crippen MR) is 61.2 cm³/mol. The molecule has 0 saturated heterocycles. The van der Waals surface area contributed by atoms with Crippen LogP contribution in [0.3, 0.4) is 0 Å². The Kier molecular flexibility index (Phi) is 5.42. The van der Waals surface area contributed by atoms with Crippen LogP contribution in [0.25, 0.3) is 0 Å². The summed E-state index contributed by atoms with van der Waals surface area (Å²) >= 11 is 0. The second kappa shape index (κ2) is 6.83. The van der Waals surface area contributed by atoms with Gasteiger partial charge in [0.15, 0.2) is 0 Å². The van der Waals surface area contributed by atoms with Crippen LogP contribution >= 0.6 is 0 Å². The molecule has 0 radical (unpaired) electrons. The van der Waals surface area contributed by atoms with Gasteiger partial charge in [-0.2, -0.15) is 13.2 Å². The Morgan fingerprint density at radius 3 is 2.44 bits per heavy atom. The van der Waals surface area contributed by atoms with E-state index in [0.717, 1.165) is 6.08 Å². The van der Waals surface area contributed by atoms with Crippen LogP contribution in [0.2, 0.25) is 0 Å². The van der Waals surface area contributed by atoms with Gasteiger partial charge in [-0.3, -0.25) is 0 Å². The van der Waals surface area contributed by atoms with Gasteiger partial charge >= 0.3 is 12.1 Å². The standard InChI is InChI=1S/C13H13F3O2/c14-13(15,16)9-5-2-6-10-18-12(17)11-7-3-1-4-8-11/h1-5,7-8H,6,9-10H2. The highest BCUT2D eigenvalue weighted by atomic mass is 19.4. The maximum atomic E-state index is 11.8. The van der Waals surface area contributed by atoms with Crippen LogP contribution in [0.4, 0.5) is 13.2 Å². The minimum absolute atomic E-state index is 0.0715. The van der Waals surface area contributed by atoms with E-state index in [1.807, 2.05) is 0 Å². The summed E-state index contributed by atoms with van der Waals surface area (Å²) in [7, 11) is 0. The molecular weight excluding hydrogens is 245 g/mol. The number of ether oxygens (including phenoxy) is 1. The lowest BCUT2D eigenvalue weighted by Crippen LogP contribution is -2.06.